The summed E-state index contributed by atoms with van der Waals surface area (Å²) in [5.74, 6) is 0.141. The van der Waals surface area contributed by atoms with Crippen LogP contribution in [0, 0.1) is 6.92 Å². The lowest BCUT2D eigenvalue weighted by Gasteiger charge is -2.08. The molecule has 0 saturated carbocycles. The number of carbonyl (C=O) groups is 2. The van der Waals surface area contributed by atoms with E-state index in [1.165, 1.54) is 6.08 Å². The highest BCUT2D eigenvalue weighted by Crippen LogP contribution is 2.23. The maximum Gasteiger partial charge on any atom is 0.244 e. The van der Waals surface area contributed by atoms with E-state index in [4.69, 9.17) is 16.3 Å². The second-order valence-corrected chi connectivity index (χ2v) is 6.93. The first-order valence-corrected chi connectivity index (χ1v) is 9.29. The van der Waals surface area contributed by atoms with Crippen LogP contribution >= 0.6 is 11.6 Å². The van der Waals surface area contributed by atoms with E-state index in [9.17, 15) is 9.59 Å². The predicted octanol–water partition coefficient (Wildman–Crippen LogP) is 2.56. The lowest BCUT2D eigenvalue weighted by molar-refractivity contribution is -0.124. The molecule has 7 nitrogen and oxygen atoms in total. The largest absolute Gasteiger partial charge is 0.497 e. The van der Waals surface area contributed by atoms with Crippen LogP contribution in [0.25, 0.3) is 6.08 Å². The number of benzene rings is 1. The minimum absolute atomic E-state index is 0.0248. The second-order valence-electron chi connectivity index (χ2n) is 6.57. The number of aromatic nitrogens is 2. The van der Waals surface area contributed by atoms with E-state index in [1.807, 2.05) is 45.0 Å². The van der Waals surface area contributed by atoms with Gasteiger partial charge in [0.2, 0.25) is 11.8 Å². The van der Waals surface area contributed by atoms with Crippen LogP contribution in [0.5, 0.6) is 5.75 Å². The molecule has 2 N–H and O–H groups in total. The fourth-order valence-corrected chi connectivity index (χ4v) is 2.86. The fourth-order valence-electron chi connectivity index (χ4n) is 2.56. The number of rotatable bonds is 8. The third-order valence-electron chi connectivity index (χ3n) is 3.85. The van der Waals surface area contributed by atoms with Gasteiger partial charge in [0.1, 0.15) is 10.9 Å². The van der Waals surface area contributed by atoms with Crippen LogP contribution in [0.15, 0.2) is 30.3 Å². The highest BCUT2D eigenvalue weighted by molar-refractivity contribution is 6.31. The molecule has 1 aromatic heterocycles. The monoisotopic (exact) mass is 404 g/mol. The van der Waals surface area contributed by atoms with Crippen molar-refractivity contribution in [3.63, 3.8) is 0 Å². The summed E-state index contributed by atoms with van der Waals surface area (Å²) in [7, 11) is 1.62. The van der Waals surface area contributed by atoms with Gasteiger partial charge in [-0.1, -0.05) is 23.7 Å². The molecule has 2 aromatic rings. The summed E-state index contributed by atoms with van der Waals surface area (Å²) in [6.07, 6.45) is 2.94. The van der Waals surface area contributed by atoms with Gasteiger partial charge in [-0.05, 0) is 44.5 Å². The average molecular weight is 405 g/mol. The van der Waals surface area contributed by atoms with Crippen molar-refractivity contribution in [2.45, 2.75) is 33.4 Å². The molecule has 0 unspecified atom stereocenters. The summed E-state index contributed by atoms with van der Waals surface area (Å²) < 4.78 is 6.90. The van der Waals surface area contributed by atoms with Gasteiger partial charge in [-0.2, -0.15) is 5.10 Å². The van der Waals surface area contributed by atoms with E-state index in [0.29, 0.717) is 23.0 Å². The number of hydrogen-bond acceptors (Lipinski definition) is 4. The van der Waals surface area contributed by atoms with Crippen LogP contribution in [0.1, 0.15) is 30.7 Å². The van der Waals surface area contributed by atoms with Crippen molar-refractivity contribution >= 4 is 29.5 Å². The van der Waals surface area contributed by atoms with Gasteiger partial charge in [0.25, 0.3) is 0 Å². The molecule has 1 heterocycles. The topological polar surface area (TPSA) is 85.2 Å². The van der Waals surface area contributed by atoms with Crippen molar-refractivity contribution in [1.82, 2.24) is 20.4 Å². The van der Waals surface area contributed by atoms with Crippen LogP contribution in [0.3, 0.4) is 0 Å². The van der Waals surface area contributed by atoms with Crippen LogP contribution in [0.4, 0.5) is 0 Å². The number of hydrogen-bond donors (Lipinski definition) is 2. The highest BCUT2D eigenvalue weighted by Gasteiger charge is 2.12. The lowest BCUT2D eigenvalue weighted by Crippen LogP contribution is -2.39. The summed E-state index contributed by atoms with van der Waals surface area (Å²) in [5.41, 5.74) is 2.36. The van der Waals surface area contributed by atoms with E-state index in [0.717, 1.165) is 11.3 Å². The van der Waals surface area contributed by atoms with Gasteiger partial charge in [-0.25, -0.2) is 4.68 Å². The highest BCUT2D eigenvalue weighted by atomic mass is 35.5. The first kappa shape index (κ1) is 21.5. The molecular weight excluding hydrogens is 380 g/mol. The Morgan fingerprint density at radius 1 is 1.36 bits per heavy atom. The number of nitrogens with zero attached hydrogens (tertiary/aromatic N) is 2. The summed E-state index contributed by atoms with van der Waals surface area (Å²) in [6, 6.07) is 7.67. The Balaban J connectivity index is 2.03. The van der Waals surface area contributed by atoms with Gasteiger partial charge < -0.3 is 15.4 Å². The molecule has 150 valence electrons. The van der Waals surface area contributed by atoms with Crippen molar-refractivity contribution in [3.8, 4) is 5.75 Å². The van der Waals surface area contributed by atoms with Gasteiger partial charge >= 0.3 is 0 Å². The zero-order valence-corrected chi connectivity index (χ0v) is 17.2. The Labute approximate surface area is 169 Å². The number of amides is 2. The maximum atomic E-state index is 11.9. The van der Waals surface area contributed by atoms with Gasteiger partial charge in [-0.3, -0.25) is 9.59 Å². The quantitative estimate of drug-likeness (QED) is 0.662. The predicted molar refractivity (Wildman–Crippen MR) is 109 cm³/mol. The Hall–Kier alpha value is -2.80. The third kappa shape index (κ3) is 6.13. The third-order valence-corrected chi connectivity index (χ3v) is 4.25. The van der Waals surface area contributed by atoms with E-state index in [1.54, 1.807) is 17.9 Å². The zero-order valence-electron chi connectivity index (χ0n) is 16.5. The number of methoxy groups -OCH3 is 1. The Kier molecular flexibility index (Phi) is 7.63. The molecule has 0 atom stereocenters. The summed E-state index contributed by atoms with van der Waals surface area (Å²) in [6.45, 7) is 5.93. The molecule has 0 fully saturated rings. The van der Waals surface area contributed by atoms with Crippen molar-refractivity contribution in [2.24, 2.45) is 0 Å². The second kappa shape index (κ2) is 9.94. The average Bonchev–Trinajstić information content (AvgIpc) is 2.91. The van der Waals surface area contributed by atoms with Crippen molar-refractivity contribution in [3.05, 3.63) is 52.3 Å². The van der Waals surface area contributed by atoms with Gasteiger partial charge in [0, 0.05) is 17.7 Å². The van der Waals surface area contributed by atoms with Crippen molar-refractivity contribution in [2.75, 3.05) is 13.7 Å². The molecule has 0 radical (unpaired) electrons. The van der Waals surface area contributed by atoms with Crippen LogP contribution < -0.4 is 15.4 Å². The summed E-state index contributed by atoms with van der Waals surface area (Å²) in [5, 5.41) is 10.1. The van der Waals surface area contributed by atoms with Gasteiger partial charge in [0.15, 0.2) is 0 Å². The van der Waals surface area contributed by atoms with Crippen molar-refractivity contribution < 1.29 is 14.3 Å². The first-order chi connectivity index (χ1) is 13.3. The number of aryl methyl sites for hydroxylation is 1. The molecule has 0 aliphatic rings. The number of ether oxygens (including phenoxy) is 1. The van der Waals surface area contributed by atoms with E-state index >= 15 is 0 Å². The zero-order chi connectivity index (χ0) is 20.7. The fraction of sp³-hybridized carbons (Fsp3) is 0.350. The molecule has 1 aromatic carbocycles. The molecule has 8 heteroatoms. The molecule has 28 heavy (non-hydrogen) atoms. The standard InChI is InChI=1S/C20H25ClN4O3/c1-13(2)23-19(27)11-22-18(26)9-8-17-14(3)24-25(20(17)21)12-15-6-5-7-16(10-15)28-4/h5-10,13H,11-12H2,1-4H3,(H,22,26)(H,23,27)/b9-8+. The smallest absolute Gasteiger partial charge is 0.244 e. The van der Waals surface area contributed by atoms with Crippen molar-refractivity contribution in [1.29, 1.82) is 0 Å². The molecule has 0 bridgehead atoms. The summed E-state index contributed by atoms with van der Waals surface area (Å²) >= 11 is 6.44. The van der Waals surface area contributed by atoms with Gasteiger partial charge in [-0.15, -0.1) is 0 Å². The number of halogens is 1. The van der Waals surface area contributed by atoms with E-state index in [2.05, 4.69) is 15.7 Å². The minimum atomic E-state index is -0.380. The Morgan fingerprint density at radius 3 is 2.79 bits per heavy atom. The maximum absolute atomic E-state index is 11.9. The summed E-state index contributed by atoms with van der Waals surface area (Å²) in [4.78, 5) is 23.5. The SMILES string of the molecule is COc1cccc(Cn2nc(C)c(/C=C/C(=O)NCC(=O)NC(C)C)c2Cl)c1. The molecular formula is C20H25ClN4O3. The molecule has 2 amide bonds. The van der Waals surface area contributed by atoms with E-state index < -0.39 is 0 Å². The molecule has 0 aliphatic heterocycles. The minimum Gasteiger partial charge on any atom is -0.497 e. The number of carbonyl (C=O) groups excluding carboxylic acids is 2. The normalized spacial score (nSPS) is 11.1. The molecule has 0 saturated heterocycles. The molecule has 0 aliphatic carbocycles. The van der Waals surface area contributed by atoms with Gasteiger partial charge in [0.05, 0.1) is 25.9 Å². The number of nitrogens with one attached hydrogen (secondary N) is 2. The molecule has 0 spiro atoms. The van der Waals surface area contributed by atoms with Crippen LogP contribution in [-0.4, -0.2) is 41.3 Å². The Morgan fingerprint density at radius 2 is 2.11 bits per heavy atom. The van der Waals surface area contributed by atoms with Crippen LogP contribution in [-0.2, 0) is 16.1 Å². The van der Waals surface area contributed by atoms with Crippen LogP contribution in [0.2, 0.25) is 5.15 Å². The Bertz CT molecular complexity index is 874. The molecule has 2 rings (SSSR count). The van der Waals surface area contributed by atoms with E-state index in [-0.39, 0.29) is 24.4 Å². The first-order valence-electron chi connectivity index (χ1n) is 8.91. The lowest BCUT2D eigenvalue weighted by atomic mass is 10.2.